The van der Waals surface area contributed by atoms with Gasteiger partial charge in [-0.3, -0.25) is 0 Å². The minimum atomic E-state index is -0.305. The maximum Gasteiger partial charge on any atom is 0.319 e. The first-order valence-electron chi connectivity index (χ1n) is 5.47. The minimum absolute atomic E-state index is 0.0140. The van der Waals surface area contributed by atoms with E-state index in [1.54, 1.807) is 24.3 Å². The lowest BCUT2D eigenvalue weighted by Crippen LogP contribution is -2.40. The molecule has 0 aliphatic carbocycles. The van der Waals surface area contributed by atoms with Crippen molar-refractivity contribution >= 4 is 23.3 Å². The number of aliphatic hydroxyl groups is 1. The van der Waals surface area contributed by atoms with Crippen molar-refractivity contribution < 1.29 is 9.90 Å². The van der Waals surface area contributed by atoms with Gasteiger partial charge in [-0.2, -0.15) is 0 Å². The Morgan fingerprint density at radius 2 is 2.18 bits per heavy atom. The maximum atomic E-state index is 11.6. The molecule has 94 valence electrons. The summed E-state index contributed by atoms with van der Waals surface area (Å²) in [5.74, 6) is 0.0140. The smallest absolute Gasteiger partial charge is 0.319 e. The number of aliphatic hydroxyl groups excluding tert-OH is 1. The molecule has 0 spiro atoms. The van der Waals surface area contributed by atoms with E-state index in [0.29, 0.717) is 10.7 Å². The van der Waals surface area contributed by atoms with Crippen LogP contribution >= 0.6 is 11.6 Å². The Bertz CT molecular complexity index is 385. The number of hydrogen-bond acceptors (Lipinski definition) is 2. The Morgan fingerprint density at radius 1 is 1.47 bits per heavy atom. The maximum absolute atomic E-state index is 11.6. The second-order valence-corrected chi connectivity index (χ2v) is 4.49. The van der Waals surface area contributed by atoms with E-state index in [1.807, 2.05) is 13.8 Å². The summed E-state index contributed by atoms with van der Waals surface area (Å²) in [5, 5.41) is 14.9. The summed E-state index contributed by atoms with van der Waals surface area (Å²) in [4.78, 5) is 11.6. The van der Waals surface area contributed by atoms with Gasteiger partial charge >= 0.3 is 6.03 Å². The number of benzene rings is 1. The van der Waals surface area contributed by atoms with Crippen LogP contribution in [-0.4, -0.2) is 23.8 Å². The predicted octanol–water partition coefficient (Wildman–Crippen LogP) is 2.48. The quantitative estimate of drug-likeness (QED) is 0.775. The number of rotatable bonds is 4. The number of amides is 2. The lowest BCUT2D eigenvalue weighted by molar-refractivity contribution is 0.204. The molecule has 0 aliphatic rings. The van der Waals surface area contributed by atoms with Crippen molar-refractivity contribution in [1.29, 1.82) is 0 Å². The summed E-state index contributed by atoms with van der Waals surface area (Å²) in [6.45, 7) is 3.75. The molecule has 3 N–H and O–H groups in total. The second kappa shape index (κ2) is 6.47. The molecule has 0 radical (unpaired) electrons. The van der Waals surface area contributed by atoms with Crippen molar-refractivity contribution in [3.8, 4) is 0 Å². The van der Waals surface area contributed by atoms with Crippen LogP contribution in [0.4, 0.5) is 10.5 Å². The number of anilines is 1. The van der Waals surface area contributed by atoms with Crippen LogP contribution in [0.2, 0.25) is 5.02 Å². The van der Waals surface area contributed by atoms with Gasteiger partial charge in [-0.25, -0.2) is 4.79 Å². The molecule has 2 atom stereocenters. The zero-order valence-corrected chi connectivity index (χ0v) is 10.7. The third kappa shape index (κ3) is 4.63. The van der Waals surface area contributed by atoms with E-state index in [4.69, 9.17) is 16.7 Å². The van der Waals surface area contributed by atoms with Crippen LogP contribution in [0, 0.1) is 5.92 Å². The number of nitrogens with one attached hydrogen (secondary N) is 2. The largest absolute Gasteiger partial charge is 0.396 e. The third-order valence-corrected chi connectivity index (χ3v) is 2.82. The van der Waals surface area contributed by atoms with Crippen molar-refractivity contribution in [2.75, 3.05) is 11.9 Å². The number of halogens is 1. The molecule has 1 aromatic carbocycles. The first-order valence-corrected chi connectivity index (χ1v) is 5.84. The molecule has 1 rings (SSSR count). The average molecular weight is 257 g/mol. The molecule has 0 heterocycles. The van der Waals surface area contributed by atoms with Crippen LogP contribution in [-0.2, 0) is 0 Å². The van der Waals surface area contributed by atoms with Crippen LogP contribution in [0.25, 0.3) is 0 Å². The first-order chi connectivity index (χ1) is 8.02. The molecule has 2 amide bonds. The standard InChI is InChI=1S/C12H17ClN2O2/c1-8(7-16)9(2)14-12(17)15-11-5-3-4-10(13)6-11/h3-6,8-9,16H,7H2,1-2H3,(H2,14,15,17). The molecule has 2 unspecified atom stereocenters. The van der Waals surface area contributed by atoms with Crippen molar-refractivity contribution in [2.45, 2.75) is 19.9 Å². The van der Waals surface area contributed by atoms with Gasteiger partial charge in [-0.1, -0.05) is 24.6 Å². The molecule has 17 heavy (non-hydrogen) atoms. The molecule has 0 saturated carbocycles. The molecule has 5 heteroatoms. The summed E-state index contributed by atoms with van der Waals surface area (Å²) < 4.78 is 0. The van der Waals surface area contributed by atoms with Crippen LogP contribution in [0.3, 0.4) is 0 Å². The lowest BCUT2D eigenvalue weighted by atomic mass is 10.1. The number of carbonyl (C=O) groups is 1. The molecular weight excluding hydrogens is 240 g/mol. The average Bonchev–Trinajstić information content (AvgIpc) is 2.27. The Hall–Kier alpha value is -1.26. The van der Waals surface area contributed by atoms with Crippen molar-refractivity contribution in [1.82, 2.24) is 5.32 Å². The molecular formula is C12H17ClN2O2. The van der Waals surface area contributed by atoms with Crippen LogP contribution in [0.15, 0.2) is 24.3 Å². The Morgan fingerprint density at radius 3 is 2.76 bits per heavy atom. The van der Waals surface area contributed by atoms with E-state index in [2.05, 4.69) is 10.6 Å². The van der Waals surface area contributed by atoms with Gasteiger partial charge in [0, 0.05) is 23.4 Å². The zero-order valence-electron chi connectivity index (χ0n) is 9.90. The van der Waals surface area contributed by atoms with E-state index in [-0.39, 0.29) is 24.6 Å². The summed E-state index contributed by atoms with van der Waals surface area (Å²) >= 11 is 5.80. The van der Waals surface area contributed by atoms with Gasteiger partial charge in [0.25, 0.3) is 0 Å². The van der Waals surface area contributed by atoms with Gasteiger partial charge < -0.3 is 15.7 Å². The minimum Gasteiger partial charge on any atom is -0.396 e. The first kappa shape index (κ1) is 13.8. The van der Waals surface area contributed by atoms with Crippen LogP contribution in [0.5, 0.6) is 0 Å². The number of carbonyl (C=O) groups excluding carboxylic acids is 1. The molecule has 0 aromatic heterocycles. The van der Waals surface area contributed by atoms with Gasteiger partial charge in [-0.05, 0) is 31.0 Å². The highest BCUT2D eigenvalue weighted by Gasteiger charge is 2.13. The van der Waals surface area contributed by atoms with Crippen molar-refractivity contribution in [3.63, 3.8) is 0 Å². The highest BCUT2D eigenvalue weighted by Crippen LogP contribution is 2.14. The SMILES string of the molecule is CC(CO)C(C)NC(=O)Nc1cccc(Cl)c1. The Labute approximate surface area is 106 Å². The summed E-state index contributed by atoms with van der Waals surface area (Å²) in [6, 6.07) is 6.52. The lowest BCUT2D eigenvalue weighted by Gasteiger charge is -2.19. The monoisotopic (exact) mass is 256 g/mol. The zero-order chi connectivity index (χ0) is 12.8. The van der Waals surface area contributed by atoms with Crippen LogP contribution < -0.4 is 10.6 Å². The molecule has 1 aromatic rings. The van der Waals surface area contributed by atoms with Crippen molar-refractivity contribution in [2.24, 2.45) is 5.92 Å². The third-order valence-electron chi connectivity index (χ3n) is 2.58. The predicted molar refractivity (Wildman–Crippen MR) is 69.3 cm³/mol. The molecule has 0 saturated heterocycles. The molecule has 0 fully saturated rings. The summed E-state index contributed by atoms with van der Waals surface area (Å²) in [7, 11) is 0. The van der Waals surface area contributed by atoms with E-state index in [9.17, 15) is 4.79 Å². The van der Waals surface area contributed by atoms with E-state index >= 15 is 0 Å². The van der Waals surface area contributed by atoms with E-state index < -0.39 is 0 Å². The number of hydrogen-bond donors (Lipinski definition) is 3. The fourth-order valence-electron chi connectivity index (χ4n) is 1.24. The Kier molecular flexibility index (Phi) is 5.25. The summed E-state index contributed by atoms with van der Waals surface area (Å²) in [5.41, 5.74) is 0.638. The Balaban J connectivity index is 2.50. The summed E-state index contributed by atoms with van der Waals surface area (Å²) in [6.07, 6.45) is 0. The number of urea groups is 1. The van der Waals surface area contributed by atoms with Gasteiger partial charge in [-0.15, -0.1) is 0 Å². The molecule has 4 nitrogen and oxygen atoms in total. The fourth-order valence-corrected chi connectivity index (χ4v) is 1.43. The second-order valence-electron chi connectivity index (χ2n) is 4.06. The highest BCUT2D eigenvalue weighted by atomic mass is 35.5. The van der Waals surface area contributed by atoms with Gasteiger partial charge in [0.1, 0.15) is 0 Å². The molecule has 0 aliphatic heterocycles. The van der Waals surface area contributed by atoms with Gasteiger partial charge in [0.05, 0.1) is 0 Å². The topological polar surface area (TPSA) is 61.4 Å². The molecule has 0 bridgehead atoms. The van der Waals surface area contributed by atoms with Crippen molar-refractivity contribution in [3.05, 3.63) is 29.3 Å². The normalized spacial score (nSPS) is 13.9. The highest BCUT2D eigenvalue weighted by molar-refractivity contribution is 6.30. The fraction of sp³-hybridized carbons (Fsp3) is 0.417. The van der Waals surface area contributed by atoms with Crippen LogP contribution in [0.1, 0.15) is 13.8 Å². The van der Waals surface area contributed by atoms with E-state index in [0.717, 1.165) is 0 Å². The van der Waals surface area contributed by atoms with Gasteiger partial charge in [0.15, 0.2) is 0 Å². The van der Waals surface area contributed by atoms with Gasteiger partial charge in [0.2, 0.25) is 0 Å². The van der Waals surface area contributed by atoms with E-state index in [1.165, 1.54) is 0 Å².